The molecule has 0 spiro atoms. The third-order valence-electron chi connectivity index (χ3n) is 6.67. The topological polar surface area (TPSA) is 73.3 Å². The van der Waals surface area contributed by atoms with Crippen molar-refractivity contribution in [2.45, 2.75) is 44.8 Å². The predicted octanol–water partition coefficient (Wildman–Crippen LogP) is 10.2. The number of thioether (sulfide) groups is 1. The van der Waals surface area contributed by atoms with Gasteiger partial charge in [0.15, 0.2) is 17.3 Å². The highest BCUT2D eigenvalue weighted by molar-refractivity contribution is 7.98. The number of nitrogens with zero attached hydrogens (tertiary/aromatic N) is 3. The number of benzene rings is 3. The van der Waals surface area contributed by atoms with E-state index in [9.17, 15) is 31.4 Å². The second-order valence-corrected chi connectivity index (χ2v) is 10.8. The standard InChI is InChI=1S/C30H22ClF6N3O3S.C2H6/c1-15-38-27(16-4-7-19(8-5-16)43-30(35,36)37)28(42-15)21-10-17(18-11-23(31)22(14-41)25(12-18)44-3)6-9-20(21)24-13-26(29(32,33)34)39-40(24)2;1-2/h4-13,41H,14H2,1-3H3;1-2H3. The summed E-state index contributed by atoms with van der Waals surface area (Å²) in [6, 6.07) is 14.4. The molecule has 0 aliphatic carbocycles. The minimum absolute atomic E-state index is 0.131. The number of aromatic nitrogens is 3. The van der Waals surface area contributed by atoms with Crippen molar-refractivity contribution >= 4 is 23.4 Å². The van der Waals surface area contributed by atoms with Gasteiger partial charge in [0.2, 0.25) is 0 Å². The maximum absolute atomic E-state index is 13.6. The van der Waals surface area contributed by atoms with Crippen LogP contribution in [0.4, 0.5) is 26.3 Å². The molecule has 0 radical (unpaired) electrons. The van der Waals surface area contributed by atoms with Crippen LogP contribution >= 0.6 is 23.4 Å². The quantitative estimate of drug-likeness (QED) is 0.136. The van der Waals surface area contributed by atoms with Gasteiger partial charge in [0, 0.05) is 46.1 Å². The molecule has 0 aliphatic rings. The number of alkyl halides is 6. The molecule has 0 saturated carbocycles. The lowest BCUT2D eigenvalue weighted by molar-refractivity contribution is -0.274. The minimum atomic E-state index is -4.88. The fourth-order valence-corrected chi connectivity index (χ4v) is 5.73. The Bertz CT molecular complexity index is 1830. The third kappa shape index (κ3) is 7.54. The van der Waals surface area contributed by atoms with Gasteiger partial charge in [0.25, 0.3) is 0 Å². The molecule has 3 aromatic carbocycles. The minimum Gasteiger partial charge on any atom is -0.440 e. The first kappa shape index (κ1) is 34.9. The highest BCUT2D eigenvalue weighted by atomic mass is 35.5. The van der Waals surface area contributed by atoms with Gasteiger partial charge in [0.05, 0.1) is 12.3 Å². The van der Waals surface area contributed by atoms with Crippen molar-refractivity contribution in [3.8, 4) is 50.7 Å². The van der Waals surface area contributed by atoms with E-state index in [2.05, 4.69) is 14.8 Å². The summed E-state index contributed by atoms with van der Waals surface area (Å²) in [6.07, 6.45) is -7.73. The van der Waals surface area contributed by atoms with Crippen molar-refractivity contribution < 1.29 is 40.6 Å². The van der Waals surface area contributed by atoms with Crippen molar-refractivity contribution in [1.82, 2.24) is 14.8 Å². The fraction of sp³-hybridized carbons (Fsp3) is 0.250. The maximum Gasteiger partial charge on any atom is 0.573 e. The summed E-state index contributed by atoms with van der Waals surface area (Å²) in [5.41, 5.74) is 2.19. The average molecular weight is 684 g/mol. The van der Waals surface area contributed by atoms with Crippen molar-refractivity contribution in [2.75, 3.05) is 6.26 Å². The number of halogens is 7. The monoisotopic (exact) mass is 683 g/mol. The van der Waals surface area contributed by atoms with Crippen LogP contribution in [0, 0.1) is 6.92 Å². The van der Waals surface area contributed by atoms with E-state index >= 15 is 0 Å². The predicted molar refractivity (Wildman–Crippen MR) is 165 cm³/mol. The zero-order valence-corrected chi connectivity index (χ0v) is 26.7. The molecule has 14 heteroatoms. The van der Waals surface area contributed by atoms with Crippen LogP contribution in [0.15, 0.2) is 70.0 Å². The van der Waals surface area contributed by atoms with Crippen molar-refractivity contribution in [3.05, 3.63) is 82.8 Å². The van der Waals surface area contributed by atoms with E-state index in [4.69, 9.17) is 16.0 Å². The van der Waals surface area contributed by atoms with Crippen LogP contribution in [0.1, 0.15) is 31.0 Å². The van der Waals surface area contributed by atoms with Gasteiger partial charge in [-0.25, -0.2) is 4.98 Å². The van der Waals surface area contributed by atoms with Crippen LogP contribution in [0.25, 0.3) is 45.0 Å². The third-order valence-corrected chi connectivity index (χ3v) is 7.81. The number of aliphatic hydroxyl groups is 1. The highest BCUT2D eigenvalue weighted by Crippen LogP contribution is 2.43. The molecule has 6 nitrogen and oxygen atoms in total. The Hall–Kier alpha value is -3.94. The van der Waals surface area contributed by atoms with Crippen molar-refractivity contribution in [3.63, 3.8) is 0 Å². The summed E-state index contributed by atoms with van der Waals surface area (Å²) in [6.45, 7) is 5.30. The van der Waals surface area contributed by atoms with E-state index in [-0.39, 0.29) is 29.6 Å². The number of aliphatic hydroxyl groups excluding tert-OH is 1. The SMILES string of the molecule is CC.CSc1cc(-c2ccc(-c3cc(C(F)(F)F)nn3C)c(-c3oc(C)nc3-c3ccc(OC(F)(F)F)cc3)c2)cc(Cl)c1CO. The van der Waals surface area contributed by atoms with E-state index in [0.717, 1.165) is 27.8 Å². The first-order valence-electron chi connectivity index (χ1n) is 13.8. The average Bonchev–Trinajstić information content (AvgIpc) is 3.59. The van der Waals surface area contributed by atoms with Crippen LogP contribution in [-0.4, -0.2) is 32.5 Å². The molecular formula is C32H28ClF6N3O3S. The molecule has 46 heavy (non-hydrogen) atoms. The van der Waals surface area contributed by atoms with Gasteiger partial charge < -0.3 is 14.3 Å². The molecular weight excluding hydrogens is 656 g/mol. The first-order valence-corrected chi connectivity index (χ1v) is 15.4. The highest BCUT2D eigenvalue weighted by Gasteiger charge is 2.35. The number of hydrogen-bond acceptors (Lipinski definition) is 6. The van der Waals surface area contributed by atoms with E-state index in [0.29, 0.717) is 38.4 Å². The Kier molecular flexibility index (Phi) is 10.5. The molecule has 2 heterocycles. The normalized spacial score (nSPS) is 11.8. The molecule has 0 aliphatic heterocycles. The van der Waals surface area contributed by atoms with Crippen molar-refractivity contribution in [2.24, 2.45) is 7.05 Å². The van der Waals surface area contributed by atoms with Crippen LogP contribution in [0.2, 0.25) is 5.02 Å². The molecule has 0 amide bonds. The Morgan fingerprint density at radius 1 is 0.913 bits per heavy atom. The summed E-state index contributed by atoms with van der Waals surface area (Å²) >= 11 is 7.86. The second kappa shape index (κ2) is 13.8. The first-order chi connectivity index (χ1) is 21.7. The van der Waals surface area contributed by atoms with Gasteiger partial charge in [0.1, 0.15) is 11.4 Å². The summed E-state index contributed by atoms with van der Waals surface area (Å²) in [5.74, 6) is -0.0576. The van der Waals surface area contributed by atoms with E-state index in [1.165, 1.54) is 30.9 Å². The molecule has 0 saturated heterocycles. The second-order valence-electron chi connectivity index (χ2n) is 9.58. The summed E-state index contributed by atoms with van der Waals surface area (Å²) in [4.78, 5) is 5.18. The van der Waals surface area contributed by atoms with Crippen molar-refractivity contribution in [1.29, 1.82) is 0 Å². The van der Waals surface area contributed by atoms with Gasteiger partial charge in [-0.15, -0.1) is 24.9 Å². The summed E-state index contributed by atoms with van der Waals surface area (Å²) < 4.78 is 90.0. The van der Waals surface area contributed by atoms with Gasteiger partial charge in [-0.3, -0.25) is 4.68 Å². The van der Waals surface area contributed by atoms with Gasteiger partial charge in [-0.1, -0.05) is 37.6 Å². The van der Waals surface area contributed by atoms with Crippen LogP contribution < -0.4 is 4.74 Å². The van der Waals surface area contributed by atoms with E-state index in [1.54, 1.807) is 31.2 Å². The number of aryl methyl sites for hydroxylation is 2. The lowest BCUT2D eigenvalue weighted by Crippen LogP contribution is -2.16. The molecule has 1 N–H and O–H groups in total. The number of ether oxygens (including phenoxy) is 1. The maximum atomic E-state index is 13.6. The molecule has 0 fully saturated rings. The van der Waals surface area contributed by atoms with Crippen LogP contribution in [0.5, 0.6) is 5.75 Å². The zero-order valence-electron chi connectivity index (χ0n) is 25.1. The van der Waals surface area contributed by atoms with Crippen LogP contribution in [0.3, 0.4) is 0 Å². The van der Waals surface area contributed by atoms with Gasteiger partial charge in [-0.05, 0) is 65.9 Å². The Labute approximate surface area is 270 Å². The molecule has 5 rings (SSSR count). The number of oxazole rings is 1. The lowest BCUT2D eigenvalue weighted by atomic mass is 9.93. The number of hydrogen-bond donors (Lipinski definition) is 1. The summed E-state index contributed by atoms with van der Waals surface area (Å²) in [5, 5.41) is 13.8. The molecule has 0 atom stereocenters. The Morgan fingerprint density at radius 3 is 2.13 bits per heavy atom. The zero-order chi connectivity index (χ0) is 34.0. The molecule has 244 valence electrons. The molecule has 2 aromatic heterocycles. The molecule has 0 unspecified atom stereocenters. The molecule has 5 aromatic rings. The van der Waals surface area contributed by atoms with E-state index in [1.807, 2.05) is 26.2 Å². The summed E-state index contributed by atoms with van der Waals surface area (Å²) in [7, 11) is 1.38. The fourth-order valence-electron chi connectivity index (χ4n) is 4.73. The molecule has 0 bridgehead atoms. The van der Waals surface area contributed by atoms with Gasteiger partial charge in [-0.2, -0.15) is 18.3 Å². The largest absolute Gasteiger partial charge is 0.573 e. The van der Waals surface area contributed by atoms with E-state index < -0.39 is 24.0 Å². The number of rotatable bonds is 7. The Morgan fingerprint density at radius 2 is 1.57 bits per heavy atom. The Balaban J connectivity index is 0.00000235. The van der Waals surface area contributed by atoms with Gasteiger partial charge >= 0.3 is 12.5 Å². The lowest BCUT2D eigenvalue weighted by Gasteiger charge is -2.15. The van der Waals surface area contributed by atoms with Crippen LogP contribution in [-0.2, 0) is 19.8 Å². The smallest absolute Gasteiger partial charge is 0.440 e.